The number of anilines is 1. The van der Waals surface area contributed by atoms with Gasteiger partial charge in [-0.3, -0.25) is 9.69 Å². The molecular formula is C17H26N2O5S. The summed E-state index contributed by atoms with van der Waals surface area (Å²) in [4.78, 5) is 14.3. The summed E-state index contributed by atoms with van der Waals surface area (Å²) in [5, 5.41) is 12.5. The zero-order chi connectivity index (χ0) is 18.4. The number of aliphatic hydroxyl groups excluding tert-OH is 1. The maximum absolute atomic E-state index is 12.4. The maximum atomic E-state index is 12.4. The number of methoxy groups -OCH3 is 1. The minimum atomic E-state index is -2.97. The van der Waals surface area contributed by atoms with Crippen molar-refractivity contribution in [1.82, 2.24) is 4.90 Å². The number of carbonyl (C=O) groups is 1. The van der Waals surface area contributed by atoms with Crippen molar-refractivity contribution in [2.24, 2.45) is 0 Å². The number of rotatable bonds is 7. The Balaban J connectivity index is 1.99. The van der Waals surface area contributed by atoms with Gasteiger partial charge in [0.2, 0.25) is 5.91 Å². The number of carbonyl (C=O) groups excluding carboxylic acids is 1. The van der Waals surface area contributed by atoms with E-state index in [1.54, 1.807) is 38.3 Å². The highest BCUT2D eigenvalue weighted by Gasteiger charge is 2.29. The van der Waals surface area contributed by atoms with E-state index in [0.717, 1.165) is 0 Å². The van der Waals surface area contributed by atoms with Crippen LogP contribution in [-0.2, 0) is 14.6 Å². The zero-order valence-electron chi connectivity index (χ0n) is 14.6. The van der Waals surface area contributed by atoms with Gasteiger partial charge >= 0.3 is 0 Å². The highest BCUT2D eigenvalue weighted by Crippen LogP contribution is 2.20. The van der Waals surface area contributed by atoms with Crippen LogP contribution in [0.3, 0.4) is 0 Å². The summed E-state index contributed by atoms with van der Waals surface area (Å²) >= 11 is 0. The molecule has 25 heavy (non-hydrogen) atoms. The van der Waals surface area contributed by atoms with E-state index in [0.29, 0.717) is 30.8 Å². The highest BCUT2D eigenvalue weighted by atomic mass is 32.2. The van der Waals surface area contributed by atoms with Crippen LogP contribution in [0.5, 0.6) is 5.75 Å². The first-order valence-electron chi connectivity index (χ1n) is 8.35. The number of benzene rings is 1. The zero-order valence-corrected chi connectivity index (χ0v) is 15.5. The Bertz CT molecular complexity index is 676. The molecule has 1 atom stereocenters. The minimum absolute atomic E-state index is 0.0193. The van der Waals surface area contributed by atoms with Gasteiger partial charge in [-0.1, -0.05) is 6.07 Å². The number of amides is 1. The second-order valence-electron chi connectivity index (χ2n) is 6.44. The molecule has 1 saturated heterocycles. The van der Waals surface area contributed by atoms with Crippen LogP contribution in [0.1, 0.15) is 19.8 Å². The predicted octanol–water partition coefficient (Wildman–Crippen LogP) is 0.894. The average Bonchev–Trinajstić information content (AvgIpc) is 2.54. The molecule has 2 N–H and O–H groups in total. The molecular weight excluding hydrogens is 344 g/mol. The number of sulfone groups is 1. The van der Waals surface area contributed by atoms with Crippen LogP contribution in [-0.4, -0.2) is 68.2 Å². The van der Waals surface area contributed by atoms with Gasteiger partial charge in [0, 0.05) is 24.3 Å². The molecule has 140 valence electrons. The first kappa shape index (κ1) is 19.7. The molecule has 1 aromatic rings. The summed E-state index contributed by atoms with van der Waals surface area (Å²) in [5.74, 6) is 0.704. The first-order valence-corrected chi connectivity index (χ1v) is 10.2. The molecule has 8 heteroatoms. The van der Waals surface area contributed by atoms with Gasteiger partial charge in [-0.15, -0.1) is 0 Å². The Kier molecular flexibility index (Phi) is 6.80. The molecule has 0 aromatic heterocycles. The van der Waals surface area contributed by atoms with Gasteiger partial charge < -0.3 is 15.2 Å². The minimum Gasteiger partial charge on any atom is -0.497 e. The monoisotopic (exact) mass is 370 g/mol. The number of ether oxygens (including phenoxy) is 1. The molecule has 1 amide bonds. The van der Waals surface area contributed by atoms with Crippen molar-refractivity contribution < 1.29 is 23.1 Å². The first-order chi connectivity index (χ1) is 11.8. The van der Waals surface area contributed by atoms with E-state index in [-0.39, 0.29) is 30.0 Å². The smallest absolute Gasteiger partial charge is 0.238 e. The molecule has 1 fully saturated rings. The second-order valence-corrected chi connectivity index (χ2v) is 8.75. The highest BCUT2D eigenvalue weighted by molar-refractivity contribution is 7.91. The number of nitrogens with one attached hydrogen (secondary N) is 1. The molecule has 0 spiro atoms. The van der Waals surface area contributed by atoms with Crippen molar-refractivity contribution in [3.63, 3.8) is 0 Å². The molecule has 0 radical (unpaired) electrons. The lowest BCUT2D eigenvalue weighted by atomic mass is 10.1. The quantitative estimate of drug-likeness (QED) is 0.740. The van der Waals surface area contributed by atoms with Crippen LogP contribution >= 0.6 is 0 Å². The Morgan fingerprint density at radius 1 is 1.40 bits per heavy atom. The molecule has 0 aliphatic carbocycles. The van der Waals surface area contributed by atoms with E-state index in [2.05, 4.69) is 5.32 Å². The molecule has 1 aliphatic rings. The second kappa shape index (κ2) is 8.64. The number of hydrogen-bond donors (Lipinski definition) is 2. The predicted molar refractivity (Wildman–Crippen MR) is 96.6 cm³/mol. The molecule has 2 rings (SSSR count). The fourth-order valence-electron chi connectivity index (χ4n) is 3.01. The van der Waals surface area contributed by atoms with E-state index in [9.17, 15) is 18.3 Å². The maximum Gasteiger partial charge on any atom is 0.238 e. The van der Waals surface area contributed by atoms with Crippen LogP contribution < -0.4 is 10.1 Å². The van der Waals surface area contributed by atoms with Crippen LogP contribution in [0.4, 0.5) is 5.69 Å². The van der Waals surface area contributed by atoms with E-state index in [4.69, 9.17) is 4.74 Å². The Morgan fingerprint density at radius 2 is 2.08 bits per heavy atom. The van der Waals surface area contributed by atoms with Crippen molar-refractivity contribution in [1.29, 1.82) is 0 Å². The summed E-state index contributed by atoms with van der Waals surface area (Å²) < 4.78 is 28.3. The Morgan fingerprint density at radius 3 is 2.68 bits per heavy atom. The topological polar surface area (TPSA) is 95.9 Å². The van der Waals surface area contributed by atoms with Gasteiger partial charge in [0.25, 0.3) is 0 Å². The number of hydrogen-bond acceptors (Lipinski definition) is 6. The van der Waals surface area contributed by atoms with Gasteiger partial charge in [-0.05, 0) is 31.9 Å². The summed E-state index contributed by atoms with van der Waals surface area (Å²) in [6.45, 7) is 2.09. The van der Waals surface area contributed by atoms with Gasteiger partial charge in [0.1, 0.15) is 15.6 Å². The summed E-state index contributed by atoms with van der Waals surface area (Å²) in [5.41, 5.74) is 0.632. The van der Waals surface area contributed by atoms with Gasteiger partial charge in [0.15, 0.2) is 0 Å². The van der Waals surface area contributed by atoms with E-state index < -0.39 is 15.9 Å². The van der Waals surface area contributed by atoms with Gasteiger partial charge in [-0.2, -0.15) is 0 Å². The van der Waals surface area contributed by atoms with Crippen LogP contribution in [0.2, 0.25) is 0 Å². The lowest BCUT2D eigenvalue weighted by molar-refractivity contribution is -0.118. The molecule has 0 unspecified atom stereocenters. The van der Waals surface area contributed by atoms with Crippen LogP contribution in [0.25, 0.3) is 0 Å². The normalized spacial score (nSPS) is 18.7. The molecule has 0 bridgehead atoms. The van der Waals surface area contributed by atoms with E-state index >= 15 is 0 Å². The van der Waals surface area contributed by atoms with E-state index in [1.807, 2.05) is 4.90 Å². The van der Waals surface area contributed by atoms with Crippen molar-refractivity contribution >= 4 is 21.4 Å². The number of nitrogens with zero attached hydrogens (tertiary/aromatic N) is 1. The fraction of sp³-hybridized carbons (Fsp3) is 0.588. The third kappa shape index (κ3) is 6.30. The molecule has 7 nitrogen and oxygen atoms in total. The Labute approximate surface area is 148 Å². The summed E-state index contributed by atoms with van der Waals surface area (Å²) in [7, 11) is -1.41. The number of aliphatic hydroxyl groups is 1. The Hall–Kier alpha value is -1.64. The van der Waals surface area contributed by atoms with Crippen LogP contribution in [0, 0.1) is 0 Å². The van der Waals surface area contributed by atoms with Crippen molar-refractivity contribution in [2.75, 3.05) is 37.0 Å². The van der Waals surface area contributed by atoms with E-state index in [1.165, 1.54) is 0 Å². The lowest BCUT2D eigenvalue weighted by Crippen LogP contribution is -2.47. The van der Waals surface area contributed by atoms with Crippen molar-refractivity contribution in [3.8, 4) is 5.75 Å². The lowest BCUT2D eigenvalue weighted by Gasteiger charge is -2.34. The van der Waals surface area contributed by atoms with Crippen molar-refractivity contribution in [3.05, 3.63) is 24.3 Å². The van der Waals surface area contributed by atoms with Gasteiger partial charge in [-0.25, -0.2) is 8.42 Å². The fourth-order valence-corrected chi connectivity index (χ4v) is 4.48. The summed E-state index contributed by atoms with van der Waals surface area (Å²) in [6.07, 6.45) is 0.381. The largest absolute Gasteiger partial charge is 0.497 e. The SMILES string of the molecule is COc1cccc(NC(=O)CN(C[C@H](C)O)C2CCS(=O)(=O)CC2)c1. The summed E-state index contributed by atoms with van der Waals surface area (Å²) in [6, 6.07) is 7.05. The molecule has 1 aliphatic heterocycles. The standard InChI is InChI=1S/C17H26N2O5S/c1-13(20)11-19(15-6-8-25(22,23)9-7-15)12-17(21)18-14-4-3-5-16(10-14)24-2/h3-5,10,13,15,20H,6-9,11-12H2,1-2H3,(H,18,21)/t13-/m0/s1. The molecule has 0 saturated carbocycles. The van der Waals surface area contributed by atoms with Crippen molar-refractivity contribution in [2.45, 2.75) is 31.9 Å². The molecule has 1 heterocycles. The van der Waals surface area contributed by atoms with Crippen LogP contribution in [0.15, 0.2) is 24.3 Å². The average molecular weight is 370 g/mol. The third-order valence-electron chi connectivity index (χ3n) is 4.24. The molecule has 1 aromatic carbocycles. The van der Waals surface area contributed by atoms with Gasteiger partial charge in [0.05, 0.1) is 31.3 Å². The third-order valence-corrected chi connectivity index (χ3v) is 5.95.